The molecule has 0 spiro atoms. The SMILES string of the molecule is Cc1cc(C)cc(C(=O)N2CCCC(C(=O)NC3CCCc4occc43)C2)c1. The van der Waals surface area contributed by atoms with Crippen molar-refractivity contribution in [2.75, 3.05) is 13.1 Å². The molecule has 2 aliphatic rings. The number of likely N-dealkylation sites (tertiary alicyclic amines) is 1. The largest absolute Gasteiger partial charge is 0.469 e. The fraction of sp³-hybridized carbons (Fsp3) is 0.478. The minimum Gasteiger partial charge on any atom is -0.469 e. The number of carbonyl (C=O) groups is 2. The number of amides is 2. The van der Waals surface area contributed by atoms with E-state index in [1.54, 1.807) is 6.26 Å². The number of nitrogens with one attached hydrogen (secondary N) is 1. The predicted octanol–water partition coefficient (Wildman–Crippen LogP) is 3.94. The first-order valence-electron chi connectivity index (χ1n) is 10.3. The summed E-state index contributed by atoms with van der Waals surface area (Å²) in [5, 5.41) is 3.21. The van der Waals surface area contributed by atoms with E-state index in [1.165, 1.54) is 0 Å². The van der Waals surface area contributed by atoms with Gasteiger partial charge >= 0.3 is 0 Å². The van der Waals surface area contributed by atoms with E-state index in [9.17, 15) is 9.59 Å². The second-order valence-corrected chi connectivity index (χ2v) is 8.22. The Hall–Kier alpha value is -2.56. The molecule has 1 aromatic heterocycles. The summed E-state index contributed by atoms with van der Waals surface area (Å²) >= 11 is 0. The summed E-state index contributed by atoms with van der Waals surface area (Å²) in [6, 6.07) is 7.93. The molecule has 1 fully saturated rings. The van der Waals surface area contributed by atoms with Gasteiger partial charge in [-0.2, -0.15) is 0 Å². The first kappa shape index (κ1) is 18.8. The standard InChI is InChI=1S/C23H28N2O3/c1-15-11-16(2)13-18(12-15)23(27)25-9-4-5-17(14-25)22(26)24-20-6-3-7-21-19(20)8-10-28-21/h8,10-13,17,20H,3-7,9,14H2,1-2H3,(H,24,26). The maximum atomic E-state index is 13.0. The van der Waals surface area contributed by atoms with E-state index in [0.717, 1.165) is 54.6 Å². The highest BCUT2D eigenvalue weighted by Crippen LogP contribution is 2.31. The molecule has 2 unspecified atom stereocenters. The molecule has 1 aliphatic carbocycles. The molecule has 0 radical (unpaired) electrons. The Morgan fingerprint density at radius 3 is 2.68 bits per heavy atom. The van der Waals surface area contributed by atoms with Crippen molar-refractivity contribution in [3.63, 3.8) is 0 Å². The van der Waals surface area contributed by atoms with Crippen LogP contribution in [0.2, 0.25) is 0 Å². The van der Waals surface area contributed by atoms with Gasteiger partial charge in [0.25, 0.3) is 5.91 Å². The summed E-state index contributed by atoms with van der Waals surface area (Å²) in [6.07, 6.45) is 6.30. The maximum Gasteiger partial charge on any atom is 0.253 e. The van der Waals surface area contributed by atoms with Crippen molar-refractivity contribution in [3.05, 3.63) is 58.5 Å². The molecule has 2 heterocycles. The van der Waals surface area contributed by atoms with Gasteiger partial charge in [0.1, 0.15) is 5.76 Å². The van der Waals surface area contributed by atoms with Crippen LogP contribution in [-0.2, 0) is 11.2 Å². The molecular formula is C23H28N2O3. The summed E-state index contributed by atoms with van der Waals surface area (Å²) in [4.78, 5) is 27.7. The predicted molar refractivity (Wildman–Crippen MR) is 107 cm³/mol. The number of rotatable bonds is 3. The van der Waals surface area contributed by atoms with Crippen molar-refractivity contribution >= 4 is 11.8 Å². The molecule has 1 aliphatic heterocycles. The van der Waals surface area contributed by atoms with E-state index in [1.807, 2.05) is 36.9 Å². The van der Waals surface area contributed by atoms with Crippen molar-refractivity contribution in [3.8, 4) is 0 Å². The molecular weight excluding hydrogens is 352 g/mol. The van der Waals surface area contributed by atoms with Crippen LogP contribution < -0.4 is 5.32 Å². The lowest BCUT2D eigenvalue weighted by molar-refractivity contribution is -0.127. The van der Waals surface area contributed by atoms with Crippen LogP contribution in [0, 0.1) is 19.8 Å². The molecule has 0 bridgehead atoms. The molecule has 1 saturated heterocycles. The van der Waals surface area contributed by atoms with E-state index in [2.05, 4.69) is 11.4 Å². The van der Waals surface area contributed by atoms with Gasteiger partial charge in [0.2, 0.25) is 5.91 Å². The number of hydrogen-bond acceptors (Lipinski definition) is 3. The number of hydrogen-bond donors (Lipinski definition) is 1. The highest BCUT2D eigenvalue weighted by Gasteiger charge is 2.31. The van der Waals surface area contributed by atoms with Gasteiger partial charge in [0.15, 0.2) is 0 Å². The summed E-state index contributed by atoms with van der Waals surface area (Å²) < 4.78 is 5.53. The van der Waals surface area contributed by atoms with E-state index < -0.39 is 0 Å². The molecule has 4 rings (SSSR count). The Balaban J connectivity index is 1.42. The highest BCUT2D eigenvalue weighted by atomic mass is 16.3. The Kier molecular flexibility index (Phi) is 5.25. The summed E-state index contributed by atoms with van der Waals surface area (Å²) in [7, 11) is 0. The molecule has 1 N–H and O–H groups in total. The Labute approximate surface area is 166 Å². The Bertz CT molecular complexity index is 865. The number of carbonyl (C=O) groups excluding carboxylic acids is 2. The summed E-state index contributed by atoms with van der Waals surface area (Å²) in [5.74, 6) is 0.920. The third-order valence-electron chi connectivity index (χ3n) is 5.92. The van der Waals surface area contributed by atoms with Crippen molar-refractivity contribution in [2.24, 2.45) is 5.92 Å². The normalized spacial score (nSPS) is 21.9. The zero-order chi connectivity index (χ0) is 19.7. The molecule has 2 atom stereocenters. The molecule has 1 aromatic carbocycles. The minimum absolute atomic E-state index is 0.0269. The summed E-state index contributed by atoms with van der Waals surface area (Å²) in [6.45, 7) is 5.21. The average Bonchev–Trinajstić information content (AvgIpc) is 3.16. The molecule has 2 aromatic rings. The van der Waals surface area contributed by atoms with Gasteiger partial charge in [-0.15, -0.1) is 0 Å². The quantitative estimate of drug-likeness (QED) is 0.877. The number of furan rings is 1. The Morgan fingerprint density at radius 1 is 1.11 bits per heavy atom. The van der Waals surface area contributed by atoms with Crippen LogP contribution in [0.4, 0.5) is 0 Å². The fourth-order valence-electron chi connectivity index (χ4n) is 4.58. The number of nitrogens with zero attached hydrogens (tertiary/aromatic N) is 1. The van der Waals surface area contributed by atoms with Crippen molar-refractivity contribution in [2.45, 2.75) is 52.0 Å². The zero-order valence-electron chi connectivity index (χ0n) is 16.7. The lowest BCUT2D eigenvalue weighted by Gasteiger charge is -2.33. The van der Waals surface area contributed by atoms with Crippen LogP contribution in [0.3, 0.4) is 0 Å². The van der Waals surface area contributed by atoms with Crippen molar-refractivity contribution < 1.29 is 14.0 Å². The maximum absolute atomic E-state index is 13.0. The van der Waals surface area contributed by atoms with Gasteiger partial charge < -0.3 is 14.6 Å². The second-order valence-electron chi connectivity index (χ2n) is 8.22. The topological polar surface area (TPSA) is 62.6 Å². The van der Waals surface area contributed by atoms with Crippen LogP contribution in [0.1, 0.15) is 64.5 Å². The molecule has 0 saturated carbocycles. The lowest BCUT2D eigenvalue weighted by Crippen LogP contribution is -2.46. The van der Waals surface area contributed by atoms with E-state index in [4.69, 9.17) is 4.42 Å². The number of aryl methyl sites for hydroxylation is 3. The van der Waals surface area contributed by atoms with Crippen molar-refractivity contribution in [1.82, 2.24) is 10.2 Å². The number of benzene rings is 1. The number of fused-ring (bicyclic) bond motifs is 1. The van der Waals surface area contributed by atoms with Crippen molar-refractivity contribution in [1.29, 1.82) is 0 Å². The second kappa shape index (κ2) is 7.82. The van der Waals surface area contributed by atoms with Crippen LogP contribution in [0.5, 0.6) is 0 Å². The lowest BCUT2D eigenvalue weighted by atomic mass is 9.91. The van der Waals surface area contributed by atoms with Crippen LogP contribution in [0.15, 0.2) is 34.9 Å². The van der Waals surface area contributed by atoms with Gasteiger partial charge in [0, 0.05) is 30.6 Å². The van der Waals surface area contributed by atoms with Gasteiger partial charge in [-0.25, -0.2) is 0 Å². The zero-order valence-corrected chi connectivity index (χ0v) is 16.7. The molecule has 148 valence electrons. The molecule has 5 nitrogen and oxygen atoms in total. The highest BCUT2D eigenvalue weighted by molar-refractivity contribution is 5.95. The Morgan fingerprint density at radius 2 is 1.89 bits per heavy atom. The first-order chi connectivity index (χ1) is 13.5. The third-order valence-corrected chi connectivity index (χ3v) is 5.92. The average molecular weight is 380 g/mol. The van der Waals surface area contributed by atoms with Gasteiger partial charge in [-0.05, 0) is 57.7 Å². The van der Waals surface area contributed by atoms with Gasteiger partial charge in [-0.3, -0.25) is 9.59 Å². The van der Waals surface area contributed by atoms with E-state index >= 15 is 0 Å². The van der Waals surface area contributed by atoms with Gasteiger partial charge in [-0.1, -0.05) is 17.2 Å². The monoisotopic (exact) mass is 380 g/mol. The molecule has 28 heavy (non-hydrogen) atoms. The van der Waals surface area contributed by atoms with E-state index in [0.29, 0.717) is 18.7 Å². The minimum atomic E-state index is -0.152. The van der Waals surface area contributed by atoms with Crippen LogP contribution in [-0.4, -0.2) is 29.8 Å². The van der Waals surface area contributed by atoms with Crippen LogP contribution in [0.25, 0.3) is 0 Å². The van der Waals surface area contributed by atoms with Crippen LogP contribution >= 0.6 is 0 Å². The summed E-state index contributed by atoms with van der Waals surface area (Å²) in [5.41, 5.74) is 4.00. The molecule has 2 amide bonds. The number of piperidine rings is 1. The molecule has 5 heteroatoms. The fourth-order valence-corrected chi connectivity index (χ4v) is 4.58. The van der Waals surface area contributed by atoms with Gasteiger partial charge in [0.05, 0.1) is 18.2 Å². The third kappa shape index (κ3) is 3.84. The smallest absolute Gasteiger partial charge is 0.253 e. The first-order valence-corrected chi connectivity index (χ1v) is 10.3. The van der Waals surface area contributed by atoms with E-state index in [-0.39, 0.29) is 23.8 Å².